The highest BCUT2D eigenvalue weighted by atomic mass is 16.5. The normalized spacial score (nSPS) is 16.4. The van der Waals surface area contributed by atoms with E-state index in [9.17, 15) is 4.79 Å². The predicted octanol–water partition coefficient (Wildman–Crippen LogP) is 6.05. The highest BCUT2D eigenvalue weighted by Crippen LogP contribution is 2.25. The number of likely N-dealkylation sites (tertiary alicyclic amines) is 1. The number of piperidine rings is 1. The average Bonchev–Trinajstić information content (AvgIpc) is 3.27. The van der Waals surface area contributed by atoms with E-state index >= 15 is 0 Å². The van der Waals surface area contributed by atoms with Crippen molar-refractivity contribution in [2.24, 2.45) is 5.92 Å². The van der Waals surface area contributed by atoms with Gasteiger partial charge >= 0.3 is 0 Å². The molecule has 1 aromatic heterocycles. The van der Waals surface area contributed by atoms with Crippen molar-refractivity contribution in [1.29, 1.82) is 0 Å². The number of imidazole rings is 1. The number of ether oxygens (including phenoxy) is 1. The number of anilines is 1. The molecule has 4 aromatic rings. The Hall–Kier alpha value is -3.64. The molecule has 3 aromatic carbocycles. The van der Waals surface area contributed by atoms with E-state index in [2.05, 4.69) is 46.8 Å². The third kappa shape index (κ3) is 5.60. The van der Waals surface area contributed by atoms with Gasteiger partial charge in [0.25, 0.3) is 0 Å². The molecule has 6 heteroatoms. The SMILES string of the molecule is CC(C)n1c(CN2CCC[C@@H](C(=O)Nc3ccc(OCc4ccccc4)cc3)C2)nc2ccccc21. The lowest BCUT2D eigenvalue weighted by atomic mass is 9.97. The van der Waals surface area contributed by atoms with Crippen molar-refractivity contribution in [3.63, 3.8) is 0 Å². The minimum atomic E-state index is -0.0374. The summed E-state index contributed by atoms with van der Waals surface area (Å²) < 4.78 is 8.18. The largest absolute Gasteiger partial charge is 0.489 e. The molecule has 1 N–H and O–H groups in total. The van der Waals surface area contributed by atoms with Crippen molar-refractivity contribution >= 4 is 22.6 Å². The molecule has 1 aliphatic heterocycles. The summed E-state index contributed by atoms with van der Waals surface area (Å²) in [6, 6.07) is 26.3. The summed E-state index contributed by atoms with van der Waals surface area (Å²) in [7, 11) is 0. The third-order valence-corrected chi connectivity index (χ3v) is 6.80. The molecule has 1 atom stereocenters. The fourth-order valence-electron chi connectivity index (χ4n) is 5.01. The van der Waals surface area contributed by atoms with Crippen LogP contribution in [0.25, 0.3) is 11.0 Å². The first-order chi connectivity index (χ1) is 17.6. The molecule has 0 bridgehead atoms. The van der Waals surface area contributed by atoms with Crippen LogP contribution >= 0.6 is 0 Å². The molecule has 1 fully saturated rings. The van der Waals surface area contributed by atoms with Crippen LogP contribution < -0.4 is 10.1 Å². The number of rotatable bonds is 8. The Morgan fingerprint density at radius 2 is 1.78 bits per heavy atom. The van der Waals surface area contributed by atoms with Crippen LogP contribution in [-0.2, 0) is 17.9 Å². The summed E-state index contributed by atoms with van der Waals surface area (Å²) in [5.41, 5.74) is 4.13. The molecular weight excluding hydrogens is 448 g/mol. The number of carbonyl (C=O) groups is 1. The van der Waals surface area contributed by atoms with E-state index in [0.29, 0.717) is 12.6 Å². The van der Waals surface area contributed by atoms with Crippen LogP contribution in [0.4, 0.5) is 5.69 Å². The molecule has 5 rings (SSSR count). The molecule has 0 aliphatic carbocycles. The first-order valence-corrected chi connectivity index (χ1v) is 12.8. The van der Waals surface area contributed by atoms with E-state index in [0.717, 1.165) is 60.8 Å². The predicted molar refractivity (Wildman–Crippen MR) is 144 cm³/mol. The molecule has 36 heavy (non-hydrogen) atoms. The lowest BCUT2D eigenvalue weighted by Crippen LogP contribution is -2.40. The molecule has 2 heterocycles. The molecule has 6 nitrogen and oxygen atoms in total. The molecule has 1 saturated heterocycles. The van der Waals surface area contributed by atoms with Crippen LogP contribution in [0.3, 0.4) is 0 Å². The fraction of sp³-hybridized carbons (Fsp3) is 0.333. The number of nitrogens with zero attached hydrogens (tertiary/aromatic N) is 3. The van der Waals surface area contributed by atoms with Gasteiger partial charge < -0.3 is 14.6 Å². The van der Waals surface area contributed by atoms with Gasteiger partial charge in [0.2, 0.25) is 5.91 Å². The van der Waals surface area contributed by atoms with E-state index in [1.165, 1.54) is 5.52 Å². The zero-order valence-electron chi connectivity index (χ0n) is 21.1. The van der Waals surface area contributed by atoms with Gasteiger partial charge in [0.15, 0.2) is 0 Å². The summed E-state index contributed by atoms with van der Waals surface area (Å²) in [5, 5.41) is 3.11. The van der Waals surface area contributed by atoms with Crippen LogP contribution in [0.1, 0.15) is 44.1 Å². The Morgan fingerprint density at radius 1 is 1.03 bits per heavy atom. The van der Waals surface area contributed by atoms with Gasteiger partial charge in [-0.25, -0.2) is 4.98 Å². The number of amides is 1. The van der Waals surface area contributed by atoms with Gasteiger partial charge in [-0.05, 0) is 75.2 Å². The smallest absolute Gasteiger partial charge is 0.228 e. The number of fused-ring (bicyclic) bond motifs is 1. The number of aromatic nitrogens is 2. The first-order valence-electron chi connectivity index (χ1n) is 12.8. The average molecular weight is 483 g/mol. The number of benzene rings is 3. The van der Waals surface area contributed by atoms with Crippen molar-refractivity contribution in [2.45, 2.75) is 45.9 Å². The van der Waals surface area contributed by atoms with Gasteiger partial charge in [0, 0.05) is 18.3 Å². The Labute approximate surface area is 212 Å². The summed E-state index contributed by atoms with van der Waals surface area (Å²) >= 11 is 0. The summed E-state index contributed by atoms with van der Waals surface area (Å²) in [4.78, 5) is 20.4. The van der Waals surface area contributed by atoms with Gasteiger partial charge in [0.05, 0.1) is 23.5 Å². The molecule has 0 unspecified atom stereocenters. The van der Waals surface area contributed by atoms with Crippen molar-refractivity contribution in [1.82, 2.24) is 14.5 Å². The number of hydrogen-bond donors (Lipinski definition) is 1. The Morgan fingerprint density at radius 3 is 2.56 bits per heavy atom. The molecular formula is C30H34N4O2. The van der Waals surface area contributed by atoms with Gasteiger partial charge in [-0.2, -0.15) is 0 Å². The minimum absolute atomic E-state index is 0.0374. The van der Waals surface area contributed by atoms with Crippen LogP contribution in [0, 0.1) is 5.92 Å². The maximum Gasteiger partial charge on any atom is 0.228 e. The van der Waals surface area contributed by atoms with Crippen molar-refractivity contribution < 1.29 is 9.53 Å². The minimum Gasteiger partial charge on any atom is -0.489 e. The lowest BCUT2D eigenvalue weighted by molar-refractivity contribution is -0.121. The molecule has 0 spiro atoms. The van der Waals surface area contributed by atoms with Gasteiger partial charge in [-0.15, -0.1) is 0 Å². The van der Waals surface area contributed by atoms with Crippen LogP contribution in [0.5, 0.6) is 5.75 Å². The van der Waals surface area contributed by atoms with Gasteiger partial charge in [-0.1, -0.05) is 42.5 Å². The standard InChI is InChI=1S/C30H34N4O2/c1-22(2)34-28-13-7-6-12-27(28)32-29(34)20-33-18-8-11-24(19-33)30(35)31-25-14-16-26(17-15-25)36-21-23-9-4-3-5-10-23/h3-7,9-10,12-17,22,24H,8,11,18-21H2,1-2H3,(H,31,35)/t24-/m1/s1. The highest BCUT2D eigenvalue weighted by Gasteiger charge is 2.27. The number of nitrogens with one attached hydrogen (secondary N) is 1. The second-order valence-electron chi connectivity index (χ2n) is 9.84. The third-order valence-electron chi connectivity index (χ3n) is 6.80. The fourth-order valence-corrected chi connectivity index (χ4v) is 5.01. The monoisotopic (exact) mass is 482 g/mol. The topological polar surface area (TPSA) is 59.4 Å². The second kappa shape index (κ2) is 11.0. The van der Waals surface area contributed by atoms with Crippen molar-refractivity contribution in [3.8, 4) is 5.75 Å². The Bertz CT molecular complexity index is 1300. The Kier molecular flexibility index (Phi) is 7.33. The highest BCUT2D eigenvalue weighted by molar-refractivity contribution is 5.92. The van der Waals surface area contributed by atoms with Gasteiger partial charge in [-0.3, -0.25) is 9.69 Å². The number of carbonyl (C=O) groups excluding carboxylic acids is 1. The molecule has 1 amide bonds. The molecule has 0 radical (unpaired) electrons. The van der Waals surface area contributed by atoms with Crippen LogP contribution in [0.15, 0.2) is 78.9 Å². The van der Waals surface area contributed by atoms with E-state index in [1.807, 2.05) is 60.7 Å². The molecule has 1 aliphatic rings. The van der Waals surface area contributed by atoms with E-state index < -0.39 is 0 Å². The summed E-state index contributed by atoms with van der Waals surface area (Å²) in [6.07, 6.45) is 1.91. The van der Waals surface area contributed by atoms with Crippen molar-refractivity contribution in [2.75, 3.05) is 18.4 Å². The van der Waals surface area contributed by atoms with E-state index in [-0.39, 0.29) is 11.8 Å². The number of para-hydroxylation sites is 2. The Balaban J connectivity index is 1.18. The quantitative estimate of drug-likeness (QED) is 0.332. The van der Waals surface area contributed by atoms with Gasteiger partial charge in [0.1, 0.15) is 18.2 Å². The van der Waals surface area contributed by atoms with E-state index in [1.54, 1.807) is 0 Å². The summed E-state index contributed by atoms with van der Waals surface area (Å²) in [5.74, 6) is 1.90. The van der Waals surface area contributed by atoms with Crippen LogP contribution in [0.2, 0.25) is 0 Å². The molecule has 186 valence electrons. The summed E-state index contributed by atoms with van der Waals surface area (Å²) in [6.45, 7) is 7.40. The lowest BCUT2D eigenvalue weighted by Gasteiger charge is -2.32. The van der Waals surface area contributed by atoms with E-state index in [4.69, 9.17) is 9.72 Å². The van der Waals surface area contributed by atoms with Crippen molar-refractivity contribution in [3.05, 3.63) is 90.3 Å². The maximum atomic E-state index is 13.1. The zero-order chi connectivity index (χ0) is 24.9. The number of hydrogen-bond acceptors (Lipinski definition) is 4. The maximum absolute atomic E-state index is 13.1. The zero-order valence-corrected chi connectivity index (χ0v) is 21.1. The molecule has 0 saturated carbocycles. The first kappa shape index (κ1) is 24.1. The van der Waals surface area contributed by atoms with Crippen LogP contribution in [-0.4, -0.2) is 33.4 Å². The second-order valence-corrected chi connectivity index (χ2v) is 9.84.